The lowest BCUT2D eigenvalue weighted by Crippen LogP contribution is -2.49. The van der Waals surface area contributed by atoms with Crippen molar-refractivity contribution in [3.05, 3.63) is 97.2 Å². The van der Waals surface area contributed by atoms with E-state index in [4.69, 9.17) is 16.3 Å². The normalized spacial score (nSPS) is 28.9. The fourth-order valence-corrected chi connectivity index (χ4v) is 10.9. The molecule has 9 nitrogen and oxygen atoms in total. The van der Waals surface area contributed by atoms with Crippen molar-refractivity contribution >= 4 is 72.8 Å². The lowest BCUT2D eigenvalue weighted by Gasteiger charge is -2.49. The van der Waals surface area contributed by atoms with E-state index in [1.54, 1.807) is 13.0 Å². The Labute approximate surface area is 328 Å². The van der Waals surface area contributed by atoms with Crippen LogP contribution in [0.25, 0.3) is 0 Å². The van der Waals surface area contributed by atoms with Gasteiger partial charge < -0.3 is 9.84 Å². The zero-order valence-corrected chi connectivity index (χ0v) is 33.0. The molecule has 3 aromatic carbocycles. The van der Waals surface area contributed by atoms with Gasteiger partial charge in [-0.2, -0.15) is 0 Å². The number of rotatable bonds is 6. The van der Waals surface area contributed by atoms with Gasteiger partial charge in [0.05, 0.1) is 45.5 Å². The summed E-state index contributed by atoms with van der Waals surface area (Å²) in [5.74, 6) is -5.49. The number of phenolic OH excluding ortho intramolecular Hbond substituents is 1. The molecule has 1 saturated carbocycles. The van der Waals surface area contributed by atoms with Gasteiger partial charge in [0.25, 0.3) is 0 Å². The summed E-state index contributed by atoms with van der Waals surface area (Å²) in [5, 5.41) is 10.6. The van der Waals surface area contributed by atoms with Crippen LogP contribution >= 0.6 is 43.5 Å². The Kier molecular flexibility index (Phi) is 9.35. The number of amides is 4. The molecule has 3 aliphatic heterocycles. The minimum Gasteiger partial charge on any atom is -0.503 e. The van der Waals surface area contributed by atoms with Crippen LogP contribution in [-0.4, -0.2) is 64.8 Å². The number of likely N-dealkylation sites (tertiary alicyclic amines) is 2. The van der Waals surface area contributed by atoms with Gasteiger partial charge in [-0.05, 0) is 106 Å². The number of carbonyl (C=O) groups is 4. The SMILES string of the molecule is COc1cc(C2C3=CCC4C(=O)N(C5CCN(Cc6ccccc6)CC5)C(=O)C4C3CC3C(=O)N(c4ccc(F)c(Cl)c4)C(=O)C32C)c(Br)c(Br)c1O. The molecular formula is C40H37Br2ClFN3O6. The minimum absolute atomic E-state index is 0.145. The van der Waals surface area contributed by atoms with E-state index in [1.165, 1.54) is 29.7 Å². The van der Waals surface area contributed by atoms with E-state index in [-0.39, 0.29) is 46.5 Å². The number of fused-ring (bicyclic) bond motifs is 4. The molecule has 276 valence electrons. The quantitative estimate of drug-likeness (QED) is 0.201. The summed E-state index contributed by atoms with van der Waals surface area (Å²) >= 11 is 13.3. The summed E-state index contributed by atoms with van der Waals surface area (Å²) in [7, 11) is 1.42. The second-order valence-electron chi connectivity index (χ2n) is 14.9. The number of aromatic hydroxyl groups is 1. The molecule has 5 aliphatic rings. The first-order chi connectivity index (χ1) is 25.4. The number of anilines is 1. The fourth-order valence-electron chi connectivity index (χ4n) is 9.77. The monoisotopic (exact) mass is 867 g/mol. The van der Waals surface area contributed by atoms with Crippen LogP contribution < -0.4 is 9.64 Å². The highest BCUT2D eigenvalue weighted by Gasteiger charge is 2.68. The highest BCUT2D eigenvalue weighted by Crippen LogP contribution is 2.65. The minimum atomic E-state index is -1.37. The number of halogens is 4. The summed E-state index contributed by atoms with van der Waals surface area (Å²) in [6.07, 6.45) is 3.83. The molecule has 3 saturated heterocycles. The zero-order valence-electron chi connectivity index (χ0n) is 29.0. The average molecular weight is 870 g/mol. The molecule has 4 fully saturated rings. The summed E-state index contributed by atoms with van der Waals surface area (Å²) in [5.41, 5.74) is 1.37. The second-order valence-corrected chi connectivity index (χ2v) is 16.9. The largest absolute Gasteiger partial charge is 0.503 e. The third-order valence-electron chi connectivity index (χ3n) is 12.3. The van der Waals surface area contributed by atoms with E-state index in [1.807, 2.05) is 24.3 Å². The lowest BCUT2D eigenvalue weighted by atomic mass is 9.51. The Morgan fingerprint density at radius 2 is 1.68 bits per heavy atom. The third kappa shape index (κ3) is 5.61. The molecule has 0 bridgehead atoms. The van der Waals surface area contributed by atoms with Gasteiger partial charge in [0.2, 0.25) is 23.6 Å². The predicted molar refractivity (Wildman–Crippen MR) is 203 cm³/mol. The Bertz CT molecular complexity index is 2090. The summed E-state index contributed by atoms with van der Waals surface area (Å²) in [6.45, 7) is 4.08. The Balaban J connectivity index is 1.17. The Hall–Kier alpha value is -3.58. The summed E-state index contributed by atoms with van der Waals surface area (Å²) in [4.78, 5) is 63.1. The van der Waals surface area contributed by atoms with Gasteiger partial charge in [0.15, 0.2) is 11.5 Å². The second kappa shape index (κ2) is 13.6. The first-order valence-electron chi connectivity index (χ1n) is 17.8. The van der Waals surface area contributed by atoms with Crippen LogP contribution in [0.4, 0.5) is 10.1 Å². The van der Waals surface area contributed by atoms with Gasteiger partial charge in [0, 0.05) is 36.1 Å². The topological polar surface area (TPSA) is 107 Å². The van der Waals surface area contributed by atoms with Gasteiger partial charge in [-0.1, -0.05) is 53.6 Å². The number of hydrogen-bond donors (Lipinski definition) is 1. The maximum Gasteiger partial charge on any atom is 0.241 e. The zero-order chi connectivity index (χ0) is 37.5. The number of nitrogens with zero attached hydrogens (tertiary/aromatic N) is 3. The van der Waals surface area contributed by atoms with E-state index in [2.05, 4.69) is 48.9 Å². The average Bonchev–Trinajstić information content (AvgIpc) is 3.52. The number of methoxy groups -OCH3 is 1. The molecule has 1 N–H and O–H groups in total. The fraction of sp³-hybridized carbons (Fsp3) is 0.400. The van der Waals surface area contributed by atoms with Crippen LogP contribution in [-0.2, 0) is 25.7 Å². The van der Waals surface area contributed by atoms with Crippen molar-refractivity contribution < 1.29 is 33.4 Å². The number of allylic oxidation sites excluding steroid dienone is 2. The summed E-state index contributed by atoms with van der Waals surface area (Å²) in [6, 6.07) is 15.4. The molecule has 13 heteroatoms. The van der Waals surface area contributed by atoms with E-state index in [0.717, 1.165) is 36.2 Å². The smallest absolute Gasteiger partial charge is 0.241 e. The van der Waals surface area contributed by atoms with Crippen LogP contribution in [0.3, 0.4) is 0 Å². The Morgan fingerprint density at radius 1 is 0.962 bits per heavy atom. The van der Waals surface area contributed by atoms with Crippen molar-refractivity contribution in [3.8, 4) is 11.5 Å². The van der Waals surface area contributed by atoms with E-state index < -0.39 is 52.6 Å². The molecule has 3 aromatic rings. The van der Waals surface area contributed by atoms with Gasteiger partial charge in [-0.15, -0.1) is 0 Å². The van der Waals surface area contributed by atoms with E-state index in [9.17, 15) is 28.7 Å². The standard InChI is InChI=1S/C40H37Br2ClFN3O6/c1-40-27(37(50)47(39(40)52)22-8-11-29(44)28(43)16-22)17-25-23(32(40)26-18-30(53-2)35(48)34(42)33(26)41)9-10-24-31(25)38(51)46(36(24)49)21-12-14-45(15-13-21)19-20-6-4-3-5-7-20/h3-9,11,16,18,21,24-25,27,31-32,48H,10,12-15,17,19H2,1-2H3. The summed E-state index contributed by atoms with van der Waals surface area (Å²) < 4.78 is 20.6. The van der Waals surface area contributed by atoms with Crippen molar-refractivity contribution in [1.29, 1.82) is 0 Å². The van der Waals surface area contributed by atoms with Crippen molar-refractivity contribution in [1.82, 2.24) is 9.80 Å². The molecule has 0 spiro atoms. The van der Waals surface area contributed by atoms with Crippen molar-refractivity contribution in [3.63, 3.8) is 0 Å². The first-order valence-corrected chi connectivity index (χ1v) is 19.7. The molecule has 0 aromatic heterocycles. The molecule has 6 atom stereocenters. The molecule has 4 amide bonds. The molecule has 8 rings (SSSR count). The molecule has 3 heterocycles. The van der Waals surface area contributed by atoms with Crippen LogP contribution in [0.2, 0.25) is 5.02 Å². The van der Waals surface area contributed by atoms with E-state index in [0.29, 0.717) is 33.8 Å². The van der Waals surface area contributed by atoms with Crippen molar-refractivity contribution in [2.45, 2.75) is 51.1 Å². The molecule has 0 radical (unpaired) electrons. The lowest BCUT2D eigenvalue weighted by molar-refractivity contribution is -0.144. The third-order valence-corrected chi connectivity index (χ3v) is 14.8. The van der Waals surface area contributed by atoms with Gasteiger partial charge in [0.1, 0.15) is 5.82 Å². The van der Waals surface area contributed by atoms with Gasteiger partial charge in [-0.25, -0.2) is 9.29 Å². The number of carbonyl (C=O) groups excluding carboxylic acids is 4. The van der Waals surface area contributed by atoms with Crippen LogP contribution in [0.15, 0.2) is 75.2 Å². The number of benzene rings is 3. The Morgan fingerprint density at radius 3 is 2.36 bits per heavy atom. The maximum absolute atomic E-state index is 14.8. The molecule has 53 heavy (non-hydrogen) atoms. The van der Waals surface area contributed by atoms with E-state index >= 15 is 0 Å². The van der Waals surface area contributed by atoms with Crippen LogP contribution in [0.5, 0.6) is 11.5 Å². The van der Waals surface area contributed by atoms with Crippen molar-refractivity contribution in [2.75, 3.05) is 25.1 Å². The maximum atomic E-state index is 14.8. The molecule has 2 aliphatic carbocycles. The highest BCUT2D eigenvalue weighted by atomic mass is 79.9. The van der Waals surface area contributed by atoms with Gasteiger partial charge >= 0.3 is 0 Å². The number of hydrogen-bond acceptors (Lipinski definition) is 7. The highest BCUT2D eigenvalue weighted by molar-refractivity contribution is 9.13. The first kappa shape index (κ1) is 36.4. The number of piperidine rings is 1. The number of imide groups is 2. The van der Waals surface area contributed by atoms with Crippen LogP contribution in [0, 0.1) is 34.9 Å². The predicted octanol–water partition coefficient (Wildman–Crippen LogP) is 7.61. The van der Waals surface area contributed by atoms with Crippen molar-refractivity contribution in [2.24, 2.45) is 29.1 Å². The molecule has 6 unspecified atom stereocenters. The molecular weight excluding hydrogens is 833 g/mol. The number of phenols is 1. The van der Waals surface area contributed by atoms with Crippen LogP contribution in [0.1, 0.15) is 49.7 Å². The number of ether oxygens (including phenoxy) is 1. The van der Waals surface area contributed by atoms with Gasteiger partial charge in [-0.3, -0.25) is 29.0 Å².